The molecule has 0 saturated carbocycles. The highest BCUT2D eigenvalue weighted by atomic mass is 19.2. The maximum Gasteiger partial charge on any atom is 0.195 e. The molecule has 0 unspecified atom stereocenters. The van der Waals surface area contributed by atoms with Gasteiger partial charge in [0, 0.05) is 19.2 Å². The SMILES string of the molecule is CCCCN(CCCC)C(=N)c1c(F)cc(F)c(F)c1F. The summed E-state index contributed by atoms with van der Waals surface area (Å²) < 4.78 is 53.7. The van der Waals surface area contributed by atoms with Crippen LogP contribution in [0.3, 0.4) is 0 Å². The van der Waals surface area contributed by atoms with Crippen LogP contribution in [0.4, 0.5) is 17.6 Å². The van der Waals surface area contributed by atoms with E-state index >= 15 is 0 Å². The van der Waals surface area contributed by atoms with Crippen molar-refractivity contribution in [2.75, 3.05) is 13.1 Å². The molecule has 0 radical (unpaired) electrons. The van der Waals surface area contributed by atoms with Crippen molar-refractivity contribution >= 4 is 5.84 Å². The number of nitrogens with zero attached hydrogens (tertiary/aromatic N) is 1. The lowest BCUT2D eigenvalue weighted by Gasteiger charge is -2.25. The number of rotatable bonds is 7. The quantitative estimate of drug-likeness (QED) is 0.260. The monoisotopic (exact) mass is 304 g/mol. The summed E-state index contributed by atoms with van der Waals surface area (Å²) >= 11 is 0. The summed E-state index contributed by atoms with van der Waals surface area (Å²) in [5.41, 5.74) is -0.805. The van der Waals surface area contributed by atoms with Gasteiger partial charge in [0.1, 0.15) is 11.7 Å². The maximum atomic E-state index is 13.8. The zero-order chi connectivity index (χ0) is 16.0. The summed E-state index contributed by atoms with van der Waals surface area (Å²) in [6.45, 7) is 4.82. The van der Waals surface area contributed by atoms with Crippen LogP contribution in [-0.2, 0) is 0 Å². The Balaban J connectivity index is 3.10. The number of hydrogen-bond acceptors (Lipinski definition) is 1. The van der Waals surface area contributed by atoms with Gasteiger partial charge in [-0.25, -0.2) is 17.6 Å². The van der Waals surface area contributed by atoms with Gasteiger partial charge in [-0.1, -0.05) is 26.7 Å². The summed E-state index contributed by atoms with van der Waals surface area (Å²) in [6, 6.07) is 0.278. The van der Waals surface area contributed by atoms with Crippen molar-refractivity contribution in [1.82, 2.24) is 4.90 Å². The predicted octanol–water partition coefficient (Wildman–Crippen LogP) is 4.47. The van der Waals surface area contributed by atoms with E-state index < -0.39 is 34.7 Å². The van der Waals surface area contributed by atoms with Gasteiger partial charge >= 0.3 is 0 Å². The Bertz CT molecular complexity index is 495. The van der Waals surface area contributed by atoms with Crippen LogP contribution in [0.15, 0.2) is 6.07 Å². The van der Waals surface area contributed by atoms with Gasteiger partial charge in [0.15, 0.2) is 17.5 Å². The van der Waals surface area contributed by atoms with Gasteiger partial charge in [0.2, 0.25) is 0 Å². The Labute approximate surface area is 122 Å². The molecule has 0 atom stereocenters. The van der Waals surface area contributed by atoms with Crippen LogP contribution in [0.2, 0.25) is 0 Å². The number of halogens is 4. The number of nitrogens with one attached hydrogen (secondary N) is 1. The van der Waals surface area contributed by atoms with Crippen molar-refractivity contribution < 1.29 is 17.6 Å². The summed E-state index contributed by atoms with van der Waals surface area (Å²) in [5, 5.41) is 7.95. The highest BCUT2D eigenvalue weighted by molar-refractivity contribution is 5.96. The second-order valence-electron chi connectivity index (χ2n) is 4.89. The van der Waals surface area contributed by atoms with E-state index in [4.69, 9.17) is 5.41 Å². The predicted molar refractivity (Wildman–Crippen MR) is 74.5 cm³/mol. The van der Waals surface area contributed by atoms with E-state index in [1.54, 1.807) is 0 Å². The van der Waals surface area contributed by atoms with E-state index in [2.05, 4.69) is 0 Å². The first-order chi connectivity index (χ1) is 9.93. The molecule has 118 valence electrons. The highest BCUT2D eigenvalue weighted by Gasteiger charge is 2.24. The molecular weight excluding hydrogens is 284 g/mol. The molecule has 0 heterocycles. The van der Waals surface area contributed by atoms with Crippen molar-refractivity contribution in [1.29, 1.82) is 5.41 Å². The number of benzene rings is 1. The third-order valence-electron chi connectivity index (χ3n) is 3.23. The first kappa shape index (κ1) is 17.5. The molecule has 0 aromatic heterocycles. The molecule has 2 nitrogen and oxygen atoms in total. The fourth-order valence-electron chi connectivity index (χ4n) is 1.97. The van der Waals surface area contributed by atoms with Crippen LogP contribution in [0, 0.1) is 28.7 Å². The van der Waals surface area contributed by atoms with Gasteiger partial charge in [-0.15, -0.1) is 0 Å². The molecule has 0 spiro atoms. The van der Waals surface area contributed by atoms with Crippen LogP contribution in [0.5, 0.6) is 0 Å². The van der Waals surface area contributed by atoms with E-state index in [0.717, 1.165) is 25.7 Å². The molecule has 1 N–H and O–H groups in total. The van der Waals surface area contributed by atoms with Gasteiger partial charge in [-0.2, -0.15) is 0 Å². The standard InChI is InChI=1S/C15H20F4N2/c1-3-5-7-21(8-6-4-2)15(20)12-10(16)9-11(17)13(18)14(12)19/h9,20H,3-8H2,1-2H3. The average molecular weight is 304 g/mol. The molecule has 1 aromatic carbocycles. The van der Waals surface area contributed by atoms with E-state index in [1.807, 2.05) is 13.8 Å². The molecule has 0 aliphatic carbocycles. The number of hydrogen-bond donors (Lipinski definition) is 1. The second kappa shape index (κ2) is 8.00. The first-order valence-corrected chi connectivity index (χ1v) is 7.10. The lowest BCUT2D eigenvalue weighted by molar-refractivity contribution is 0.388. The van der Waals surface area contributed by atoms with E-state index in [0.29, 0.717) is 13.1 Å². The molecule has 6 heteroatoms. The fraction of sp³-hybridized carbons (Fsp3) is 0.533. The second-order valence-corrected chi connectivity index (χ2v) is 4.89. The van der Waals surface area contributed by atoms with Crippen LogP contribution in [-0.4, -0.2) is 23.8 Å². The molecule has 1 aromatic rings. The van der Waals surface area contributed by atoms with E-state index in [1.165, 1.54) is 4.90 Å². The highest BCUT2D eigenvalue weighted by Crippen LogP contribution is 2.21. The zero-order valence-corrected chi connectivity index (χ0v) is 12.3. The van der Waals surface area contributed by atoms with Crippen LogP contribution in [0.1, 0.15) is 45.1 Å². The van der Waals surface area contributed by atoms with Crippen molar-refractivity contribution in [3.8, 4) is 0 Å². The van der Waals surface area contributed by atoms with Crippen molar-refractivity contribution in [3.63, 3.8) is 0 Å². The molecule has 0 saturated heterocycles. The maximum absolute atomic E-state index is 13.8. The Morgan fingerprint density at radius 2 is 1.48 bits per heavy atom. The molecular formula is C15H20F4N2. The Kier molecular flexibility index (Phi) is 6.65. The van der Waals surface area contributed by atoms with E-state index in [9.17, 15) is 17.6 Å². The molecule has 21 heavy (non-hydrogen) atoms. The zero-order valence-electron chi connectivity index (χ0n) is 12.3. The third-order valence-corrected chi connectivity index (χ3v) is 3.23. The average Bonchev–Trinajstić information content (AvgIpc) is 2.45. The molecule has 0 aliphatic heterocycles. The smallest absolute Gasteiger partial charge is 0.195 e. The lowest BCUT2D eigenvalue weighted by atomic mass is 10.1. The van der Waals surface area contributed by atoms with Crippen LogP contribution in [0.25, 0.3) is 0 Å². The normalized spacial score (nSPS) is 10.8. The summed E-state index contributed by atoms with van der Waals surface area (Å²) in [4.78, 5) is 1.51. The van der Waals surface area contributed by atoms with Crippen molar-refractivity contribution in [3.05, 3.63) is 34.9 Å². The minimum atomic E-state index is -1.75. The number of amidine groups is 1. The largest absolute Gasteiger partial charge is 0.356 e. The van der Waals surface area contributed by atoms with Gasteiger partial charge in [-0.05, 0) is 12.8 Å². The fourth-order valence-corrected chi connectivity index (χ4v) is 1.97. The molecule has 0 fully saturated rings. The Hall–Kier alpha value is -1.59. The third kappa shape index (κ3) is 4.19. The minimum Gasteiger partial charge on any atom is -0.356 e. The molecule has 0 amide bonds. The Morgan fingerprint density at radius 3 is 1.95 bits per heavy atom. The van der Waals surface area contributed by atoms with Crippen molar-refractivity contribution in [2.45, 2.75) is 39.5 Å². The minimum absolute atomic E-state index is 0.278. The lowest BCUT2D eigenvalue weighted by Crippen LogP contribution is -2.34. The molecule has 0 aliphatic rings. The van der Waals surface area contributed by atoms with Gasteiger partial charge in [0.05, 0.1) is 5.56 Å². The molecule has 1 rings (SSSR count). The van der Waals surface area contributed by atoms with Crippen LogP contribution >= 0.6 is 0 Å². The van der Waals surface area contributed by atoms with E-state index in [-0.39, 0.29) is 6.07 Å². The van der Waals surface area contributed by atoms with Crippen LogP contribution < -0.4 is 0 Å². The topological polar surface area (TPSA) is 27.1 Å². The number of unbranched alkanes of at least 4 members (excludes halogenated alkanes) is 2. The summed E-state index contributed by atoms with van der Waals surface area (Å²) in [7, 11) is 0. The van der Waals surface area contributed by atoms with Crippen molar-refractivity contribution in [2.24, 2.45) is 0 Å². The first-order valence-electron chi connectivity index (χ1n) is 7.10. The summed E-state index contributed by atoms with van der Waals surface area (Å²) in [6.07, 6.45) is 3.22. The molecule has 0 bridgehead atoms. The summed E-state index contributed by atoms with van der Waals surface area (Å²) in [5.74, 6) is -6.67. The Morgan fingerprint density at radius 1 is 0.952 bits per heavy atom. The van der Waals surface area contributed by atoms with Gasteiger partial charge in [-0.3, -0.25) is 5.41 Å². The van der Waals surface area contributed by atoms with Gasteiger partial charge < -0.3 is 4.90 Å². The van der Waals surface area contributed by atoms with Gasteiger partial charge in [0.25, 0.3) is 0 Å².